The molecule has 0 aromatic heterocycles. The highest BCUT2D eigenvalue weighted by Crippen LogP contribution is 2.34. The minimum atomic E-state index is 0.187. The van der Waals surface area contributed by atoms with Gasteiger partial charge in [0, 0.05) is 5.56 Å². The predicted molar refractivity (Wildman–Crippen MR) is 61.7 cm³/mol. The van der Waals surface area contributed by atoms with Crippen LogP contribution in [0.3, 0.4) is 0 Å². The van der Waals surface area contributed by atoms with E-state index in [0.717, 1.165) is 17.6 Å². The van der Waals surface area contributed by atoms with E-state index in [2.05, 4.69) is 6.92 Å². The summed E-state index contributed by atoms with van der Waals surface area (Å²) >= 11 is 5.85. The van der Waals surface area contributed by atoms with Crippen LogP contribution in [0.2, 0.25) is 5.02 Å². The van der Waals surface area contributed by atoms with Gasteiger partial charge in [-0.05, 0) is 31.9 Å². The standard InChI is InChI=1S/C12H15ClO/c1-4-9(8(2)3)10-6-5-7-11(13)12(10)14/h5-7,14H,4H2,1-3H3. The molecular weight excluding hydrogens is 196 g/mol. The minimum Gasteiger partial charge on any atom is -0.506 e. The number of benzene rings is 1. The third kappa shape index (κ3) is 2.10. The highest BCUT2D eigenvalue weighted by atomic mass is 35.5. The number of para-hydroxylation sites is 1. The van der Waals surface area contributed by atoms with Gasteiger partial charge in [-0.25, -0.2) is 0 Å². The van der Waals surface area contributed by atoms with Gasteiger partial charge in [-0.15, -0.1) is 0 Å². The van der Waals surface area contributed by atoms with Gasteiger partial charge >= 0.3 is 0 Å². The molecule has 0 aliphatic heterocycles. The Hall–Kier alpha value is -0.950. The summed E-state index contributed by atoms with van der Waals surface area (Å²) in [4.78, 5) is 0. The maximum Gasteiger partial charge on any atom is 0.141 e. The molecule has 1 nitrogen and oxygen atoms in total. The van der Waals surface area contributed by atoms with E-state index in [1.54, 1.807) is 6.07 Å². The molecule has 0 fully saturated rings. The van der Waals surface area contributed by atoms with Gasteiger partial charge in [-0.1, -0.05) is 36.2 Å². The molecule has 2 heteroatoms. The third-order valence-corrected chi connectivity index (χ3v) is 2.57. The molecule has 0 aliphatic carbocycles. The largest absolute Gasteiger partial charge is 0.506 e. The topological polar surface area (TPSA) is 20.2 Å². The van der Waals surface area contributed by atoms with Crippen molar-refractivity contribution >= 4 is 17.2 Å². The Morgan fingerprint density at radius 2 is 2.00 bits per heavy atom. The van der Waals surface area contributed by atoms with Crippen LogP contribution in [-0.4, -0.2) is 5.11 Å². The summed E-state index contributed by atoms with van der Waals surface area (Å²) in [5.41, 5.74) is 3.22. The molecule has 1 rings (SSSR count). The van der Waals surface area contributed by atoms with E-state index in [9.17, 15) is 5.11 Å². The Labute approximate surface area is 90.0 Å². The minimum absolute atomic E-state index is 0.187. The van der Waals surface area contributed by atoms with Crippen molar-refractivity contribution < 1.29 is 5.11 Å². The summed E-state index contributed by atoms with van der Waals surface area (Å²) in [6, 6.07) is 5.45. The fraction of sp³-hybridized carbons (Fsp3) is 0.333. The van der Waals surface area contributed by atoms with E-state index in [0.29, 0.717) is 5.02 Å². The number of aromatic hydroxyl groups is 1. The molecule has 0 bridgehead atoms. The normalized spacial score (nSPS) is 10.0. The van der Waals surface area contributed by atoms with Crippen molar-refractivity contribution in [1.29, 1.82) is 0 Å². The molecule has 1 aromatic carbocycles. The Bertz CT molecular complexity index is 363. The Morgan fingerprint density at radius 3 is 2.50 bits per heavy atom. The van der Waals surface area contributed by atoms with Gasteiger partial charge in [0.1, 0.15) is 5.75 Å². The van der Waals surface area contributed by atoms with Gasteiger partial charge in [0.25, 0.3) is 0 Å². The molecule has 0 heterocycles. The van der Waals surface area contributed by atoms with Crippen LogP contribution in [0.5, 0.6) is 5.75 Å². The molecular formula is C12H15ClO. The second-order valence-corrected chi connectivity index (χ2v) is 3.88. The van der Waals surface area contributed by atoms with Gasteiger partial charge in [0.15, 0.2) is 0 Å². The molecule has 0 unspecified atom stereocenters. The lowest BCUT2D eigenvalue weighted by Gasteiger charge is -2.10. The van der Waals surface area contributed by atoms with Crippen molar-refractivity contribution in [2.75, 3.05) is 0 Å². The van der Waals surface area contributed by atoms with Crippen molar-refractivity contribution in [3.63, 3.8) is 0 Å². The van der Waals surface area contributed by atoms with E-state index in [-0.39, 0.29) is 5.75 Å². The van der Waals surface area contributed by atoms with Crippen LogP contribution in [0.4, 0.5) is 0 Å². The maximum atomic E-state index is 9.78. The van der Waals surface area contributed by atoms with Crippen molar-refractivity contribution in [1.82, 2.24) is 0 Å². The first-order chi connectivity index (χ1) is 6.57. The van der Waals surface area contributed by atoms with E-state index >= 15 is 0 Å². The molecule has 76 valence electrons. The molecule has 14 heavy (non-hydrogen) atoms. The lowest BCUT2D eigenvalue weighted by Crippen LogP contribution is -1.87. The number of rotatable bonds is 2. The zero-order valence-electron chi connectivity index (χ0n) is 8.76. The third-order valence-electron chi connectivity index (χ3n) is 2.27. The first-order valence-corrected chi connectivity index (χ1v) is 5.10. The Balaban J connectivity index is 3.32. The lowest BCUT2D eigenvalue weighted by atomic mass is 9.98. The van der Waals surface area contributed by atoms with Crippen molar-refractivity contribution in [3.05, 3.63) is 34.4 Å². The summed E-state index contributed by atoms with van der Waals surface area (Å²) < 4.78 is 0. The molecule has 0 saturated carbocycles. The smallest absolute Gasteiger partial charge is 0.141 e. The van der Waals surface area contributed by atoms with Crippen molar-refractivity contribution in [2.45, 2.75) is 27.2 Å². The first kappa shape index (κ1) is 11.1. The number of halogens is 1. The molecule has 1 N–H and O–H groups in total. The average Bonchev–Trinajstić information content (AvgIpc) is 2.13. The molecule has 1 aromatic rings. The predicted octanol–water partition coefficient (Wildman–Crippen LogP) is 4.25. The Kier molecular flexibility index (Phi) is 3.59. The van der Waals surface area contributed by atoms with Crippen LogP contribution in [0.25, 0.3) is 5.57 Å². The number of allylic oxidation sites excluding steroid dienone is 2. The van der Waals surface area contributed by atoms with E-state index in [4.69, 9.17) is 11.6 Å². The van der Waals surface area contributed by atoms with Gasteiger partial charge in [-0.3, -0.25) is 0 Å². The van der Waals surface area contributed by atoms with E-state index < -0.39 is 0 Å². The summed E-state index contributed by atoms with van der Waals surface area (Å²) in [5.74, 6) is 0.187. The van der Waals surface area contributed by atoms with E-state index in [1.165, 1.54) is 5.57 Å². The molecule has 0 aliphatic rings. The fourth-order valence-corrected chi connectivity index (χ4v) is 1.75. The van der Waals surface area contributed by atoms with E-state index in [1.807, 2.05) is 26.0 Å². The fourth-order valence-electron chi connectivity index (χ4n) is 1.57. The second kappa shape index (κ2) is 4.52. The van der Waals surface area contributed by atoms with Gasteiger partial charge in [0.2, 0.25) is 0 Å². The molecule has 0 atom stereocenters. The highest BCUT2D eigenvalue weighted by molar-refractivity contribution is 6.32. The van der Waals surface area contributed by atoms with Gasteiger partial charge in [-0.2, -0.15) is 0 Å². The first-order valence-electron chi connectivity index (χ1n) is 4.72. The summed E-state index contributed by atoms with van der Waals surface area (Å²) in [6.45, 7) is 6.15. The van der Waals surface area contributed by atoms with Gasteiger partial charge in [0.05, 0.1) is 5.02 Å². The van der Waals surface area contributed by atoms with Crippen molar-refractivity contribution in [2.24, 2.45) is 0 Å². The lowest BCUT2D eigenvalue weighted by molar-refractivity contribution is 0.473. The number of hydrogen-bond acceptors (Lipinski definition) is 1. The quantitative estimate of drug-likeness (QED) is 0.774. The average molecular weight is 211 g/mol. The number of phenolic OH excluding ortho intramolecular Hbond substituents is 1. The highest BCUT2D eigenvalue weighted by Gasteiger charge is 2.09. The molecule has 0 saturated heterocycles. The van der Waals surface area contributed by atoms with Gasteiger partial charge < -0.3 is 5.11 Å². The van der Waals surface area contributed by atoms with Crippen LogP contribution in [0, 0.1) is 0 Å². The second-order valence-electron chi connectivity index (χ2n) is 3.47. The van der Waals surface area contributed by atoms with Crippen molar-refractivity contribution in [3.8, 4) is 5.75 Å². The van der Waals surface area contributed by atoms with Crippen LogP contribution >= 0.6 is 11.6 Å². The van der Waals surface area contributed by atoms with Crippen LogP contribution < -0.4 is 0 Å². The number of phenols is 1. The Morgan fingerprint density at radius 1 is 1.36 bits per heavy atom. The molecule has 0 spiro atoms. The van der Waals surface area contributed by atoms with Crippen LogP contribution in [0.15, 0.2) is 23.8 Å². The number of hydrogen-bond donors (Lipinski definition) is 1. The zero-order chi connectivity index (χ0) is 10.7. The summed E-state index contributed by atoms with van der Waals surface area (Å²) in [5, 5.41) is 10.2. The molecule has 0 radical (unpaired) electrons. The monoisotopic (exact) mass is 210 g/mol. The summed E-state index contributed by atoms with van der Waals surface area (Å²) in [6.07, 6.45) is 0.899. The van der Waals surface area contributed by atoms with Crippen LogP contribution in [0.1, 0.15) is 32.8 Å². The SMILES string of the molecule is CCC(=C(C)C)c1cccc(Cl)c1O. The zero-order valence-corrected chi connectivity index (χ0v) is 9.52. The van der Waals surface area contributed by atoms with Crippen LogP contribution in [-0.2, 0) is 0 Å². The molecule has 0 amide bonds. The maximum absolute atomic E-state index is 9.78. The summed E-state index contributed by atoms with van der Waals surface area (Å²) in [7, 11) is 0.